The molecule has 1 unspecified atom stereocenters. The standard InChI is InChI=1S/C8H8N2O4S/c9-8(13)15(14)10-6-3-1-2-5(4-6)7(11)12/h1-4,10H,(H2,9,13)(H,11,12). The van der Waals surface area contributed by atoms with E-state index in [1.54, 1.807) is 0 Å². The minimum atomic E-state index is -2.05. The number of carbonyl (C=O) groups is 2. The van der Waals surface area contributed by atoms with E-state index in [0.29, 0.717) is 0 Å². The van der Waals surface area contributed by atoms with Gasteiger partial charge in [-0.3, -0.25) is 0 Å². The van der Waals surface area contributed by atoms with Crippen molar-refractivity contribution in [3.63, 3.8) is 0 Å². The summed E-state index contributed by atoms with van der Waals surface area (Å²) in [5, 5.41) is 7.64. The molecule has 1 aromatic carbocycles. The van der Waals surface area contributed by atoms with Crippen LogP contribution in [0.2, 0.25) is 0 Å². The number of carbonyl (C=O) groups excluding carboxylic acids is 1. The van der Waals surface area contributed by atoms with E-state index in [1.807, 2.05) is 0 Å². The highest BCUT2D eigenvalue weighted by atomic mass is 32.2. The Morgan fingerprint density at radius 2 is 2.13 bits per heavy atom. The Kier molecular flexibility index (Phi) is 3.53. The number of carboxylic acids is 1. The van der Waals surface area contributed by atoms with Gasteiger partial charge in [-0.1, -0.05) is 6.07 Å². The van der Waals surface area contributed by atoms with Gasteiger partial charge in [-0.15, -0.1) is 0 Å². The second-order valence-electron chi connectivity index (χ2n) is 2.58. The van der Waals surface area contributed by atoms with E-state index in [1.165, 1.54) is 24.3 Å². The zero-order chi connectivity index (χ0) is 11.4. The maximum Gasteiger partial charge on any atom is 0.451 e. The second kappa shape index (κ2) is 4.67. The molecule has 0 aliphatic carbocycles. The minimum absolute atomic E-state index is 0.0291. The molecule has 1 rings (SSSR count). The van der Waals surface area contributed by atoms with Crippen molar-refractivity contribution < 1.29 is 19.2 Å². The molecule has 0 heterocycles. The van der Waals surface area contributed by atoms with Gasteiger partial charge >= 0.3 is 11.2 Å². The number of aromatic carboxylic acids is 1. The maximum absolute atomic E-state index is 11.0. The number of nitrogens with two attached hydrogens (primary N) is 1. The number of nitrogens with one attached hydrogen (secondary N) is 1. The van der Waals surface area contributed by atoms with Gasteiger partial charge in [0.2, 0.25) is 0 Å². The SMILES string of the molecule is NC(=O)[S+]([O-])Nc1cccc(C(=O)O)c1. The molecule has 0 aromatic heterocycles. The number of amides is 1. The van der Waals surface area contributed by atoms with Crippen LogP contribution in [0.5, 0.6) is 0 Å². The highest BCUT2D eigenvalue weighted by Gasteiger charge is 2.15. The Morgan fingerprint density at radius 3 is 2.67 bits per heavy atom. The molecule has 0 aliphatic rings. The van der Waals surface area contributed by atoms with Crippen molar-refractivity contribution >= 4 is 28.3 Å². The van der Waals surface area contributed by atoms with Crippen molar-refractivity contribution in [1.29, 1.82) is 0 Å². The minimum Gasteiger partial charge on any atom is -0.584 e. The molecule has 15 heavy (non-hydrogen) atoms. The fourth-order valence-electron chi connectivity index (χ4n) is 0.873. The summed E-state index contributed by atoms with van der Waals surface area (Å²) in [5.41, 5.74) is 5.05. The van der Waals surface area contributed by atoms with E-state index in [9.17, 15) is 14.1 Å². The fourth-order valence-corrected chi connectivity index (χ4v) is 1.31. The third kappa shape index (κ3) is 3.15. The number of hydrogen-bond acceptors (Lipinski definition) is 4. The smallest absolute Gasteiger partial charge is 0.451 e. The number of primary amides is 1. The molecule has 1 aromatic rings. The summed E-state index contributed by atoms with van der Waals surface area (Å²) in [6.07, 6.45) is 0. The first-order chi connectivity index (χ1) is 7.00. The van der Waals surface area contributed by atoms with E-state index in [2.05, 4.69) is 4.72 Å². The van der Waals surface area contributed by atoms with Crippen molar-refractivity contribution in [2.75, 3.05) is 4.72 Å². The van der Waals surface area contributed by atoms with E-state index < -0.39 is 22.6 Å². The predicted molar refractivity (Wildman–Crippen MR) is 54.7 cm³/mol. The Morgan fingerprint density at radius 1 is 1.47 bits per heavy atom. The molecule has 0 saturated heterocycles. The fraction of sp³-hybridized carbons (Fsp3) is 0. The van der Waals surface area contributed by atoms with Gasteiger partial charge < -0.3 is 15.4 Å². The summed E-state index contributed by atoms with van der Waals surface area (Å²) >= 11 is -2.05. The monoisotopic (exact) mass is 228 g/mol. The molecule has 7 heteroatoms. The van der Waals surface area contributed by atoms with Crippen LogP contribution in [0.15, 0.2) is 24.3 Å². The van der Waals surface area contributed by atoms with E-state index in [-0.39, 0.29) is 11.3 Å². The Labute approximate surface area is 88.4 Å². The normalized spacial score (nSPS) is 11.8. The topological polar surface area (TPSA) is 115 Å². The lowest BCUT2D eigenvalue weighted by Crippen LogP contribution is -2.28. The number of hydrogen-bond donors (Lipinski definition) is 3. The van der Waals surface area contributed by atoms with Crippen LogP contribution >= 0.6 is 0 Å². The van der Waals surface area contributed by atoms with Crippen molar-refractivity contribution in [1.82, 2.24) is 0 Å². The van der Waals surface area contributed by atoms with E-state index in [4.69, 9.17) is 10.8 Å². The van der Waals surface area contributed by atoms with Crippen LogP contribution in [-0.2, 0) is 11.4 Å². The molecule has 0 aliphatic heterocycles. The third-order valence-corrected chi connectivity index (χ3v) is 2.29. The number of carboxylic acid groups (broad SMARTS) is 1. The van der Waals surface area contributed by atoms with Crippen LogP contribution in [-0.4, -0.2) is 20.9 Å². The van der Waals surface area contributed by atoms with Gasteiger partial charge in [0.15, 0.2) is 11.4 Å². The number of benzene rings is 1. The van der Waals surface area contributed by atoms with Crippen molar-refractivity contribution in [2.45, 2.75) is 0 Å². The largest absolute Gasteiger partial charge is 0.584 e. The van der Waals surface area contributed by atoms with Crippen LogP contribution in [0.4, 0.5) is 10.5 Å². The van der Waals surface area contributed by atoms with Gasteiger partial charge in [0.05, 0.1) is 11.3 Å². The molecule has 6 nitrogen and oxygen atoms in total. The van der Waals surface area contributed by atoms with E-state index >= 15 is 0 Å². The molecule has 0 radical (unpaired) electrons. The lowest BCUT2D eigenvalue weighted by Gasteiger charge is -2.07. The summed E-state index contributed by atoms with van der Waals surface area (Å²) in [7, 11) is 0. The van der Waals surface area contributed by atoms with Crippen LogP contribution in [0.25, 0.3) is 0 Å². The van der Waals surface area contributed by atoms with E-state index in [0.717, 1.165) is 0 Å². The Hall–Kier alpha value is -1.73. The van der Waals surface area contributed by atoms with Crippen LogP contribution < -0.4 is 10.5 Å². The predicted octanol–water partition coefficient (Wildman–Crippen LogP) is 0.539. The third-order valence-electron chi connectivity index (χ3n) is 1.50. The van der Waals surface area contributed by atoms with Crippen LogP contribution in [0, 0.1) is 0 Å². The average Bonchev–Trinajstić information content (AvgIpc) is 2.18. The van der Waals surface area contributed by atoms with Crippen molar-refractivity contribution in [3.05, 3.63) is 29.8 Å². The molecule has 0 saturated carbocycles. The lowest BCUT2D eigenvalue weighted by atomic mass is 10.2. The molecule has 0 bridgehead atoms. The van der Waals surface area contributed by atoms with Gasteiger partial charge in [-0.25, -0.2) is 9.59 Å². The summed E-state index contributed by atoms with van der Waals surface area (Å²) in [5.74, 6) is -1.11. The number of anilines is 1. The van der Waals surface area contributed by atoms with Crippen molar-refractivity contribution in [2.24, 2.45) is 5.73 Å². The Balaban J connectivity index is 2.82. The van der Waals surface area contributed by atoms with Crippen molar-refractivity contribution in [3.8, 4) is 0 Å². The molecule has 80 valence electrons. The van der Waals surface area contributed by atoms with Gasteiger partial charge in [-0.05, 0) is 18.2 Å². The molecule has 1 amide bonds. The first-order valence-corrected chi connectivity index (χ1v) is 4.97. The maximum atomic E-state index is 11.0. The number of rotatable bonds is 3. The summed E-state index contributed by atoms with van der Waals surface area (Å²) in [6.45, 7) is 0. The second-order valence-corrected chi connectivity index (χ2v) is 3.72. The summed E-state index contributed by atoms with van der Waals surface area (Å²) in [4.78, 5) is 21.0. The summed E-state index contributed by atoms with van der Waals surface area (Å²) < 4.78 is 13.2. The highest BCUT2D eigenvalue weighted by Crippen LogP contribution is 2.12. The molecule has 0 spiro atoms. The van der Waals surface area contributed by atoms with Gasteiger partial charge in [0, 0.05) is 0 Å². The molecule has 0 fully saturated rings. The summed E-state index contributed by atoms with van der Waals surface area (Å²) in [6, 6.07) is 5.57. The van der Waals surface area contributed by atoms with Crippen LogP contribution in [0.3, 0.4) is 0 Å². The van der Waals surface area contributed by atoms with Gasteiger partial charge in [-0.2, -0.15) is 4.72 Å². The Bertz CT molecular complexity index is 396. The zero-order valence-electron chi connectivity index (χ0n) is 7.47. The van der Waals surface area contributed by atoms with Gasteiger partial charge in [0.25, 0.3) is 0 Å². The molecular formula is C8H8N2O4S. The quantitative estimate of drug-likeness (QED) is 0.653. The lowest BCUT2D eigenvalue weighted by molar-refractivity contribution is 0.0697. The van der Waals surface area contributed by atoms with Crippen LogP contribution in [0.1, 0.15) is 10.4 Å². The average molecular weight is 228 g/mol. The first kappa shape index (κ1) is 11.3. The molecule has 4 N–H and O–H groups in total. The molecular weight excluding hydrogens is 220 g/mol. The zero-order valence-corrected chi connectivity index (χ0v) is 8.28. The molecule has 1 atom stereocenters. The highest BCUT2D eigenvalue weighted by molar-refractivity contribution is 8.07. The first-order valence-electron chi connectivity index (χ1n) is 3.82. The van der Waals surface area contributed by atoms with Gasteiger partial charge in [0.1, 0.15) is 0 Å².